The molecule has 2 aromatic heterocycles. The van der Waals surface area contributed by atoms with Crippen molar-refractivity contribution in [3.63, 3.8) is 0 Å². The Labute approximate surface area is 88.3 Å². The van der Waals surface area contributed by atoms with Gasteiger partial charge in [0.1, 0.15) is 0 Å². The molecule has 78 valence electrons. The lowest BCUT2D eigenvalue weighted by atomic mass is 10.1. The molecule has 0 fully saturated rings. The fourth-order valence-electron chi connectivity index (χ4n) is 2.11. The lowest BCUT2D eigenvalue weighted by Crippen LogP contribution is -2.27. The summed E-state index contributed by atoms with van der Waals surface area (Å²) in [5, 5.41) is 10.7. The molecule has 2 N–H and O–H groups in total. The first-order valence-corrected chi connectivity index (χ1v) is 5.26. The highest BCUT2D eigenvalue weighted by atomic mass is 15.1. The van der Waals surface area contributed by atoms with Crippen LogP contribution in [0.4, 0.5) is 0 Å². The first-order chi connectivity index (χ1) is 7.34. The van der Waals surface area contributed by atoms with Crippen LogP contribution in [0.3, 0.4) is 0 Å². The van der Waals surface area contributed by atoms with Crippen LogP contribution in [0, 0.1) is 6.92 Å². The molecule has 3 rings (SSSR count). The fraction of sp³-hybridized carbons (Fsp3) is 0.364. The third kappa shape index (κ3) is 1.37. The summed E-state index contributed by atoms with van der Waals surface area (Å²) in [6, 6.07) is 4.24. The number of H-pyrrole nitrogens is 1. The molecule has 0 atom stereocenters. The maximum atomic E-state index is 4.30. The molecule has 0 saturated heterocycles. The van der Waals surface area contributed by atoms with Crippen molar-refractivity contribution in [2.45, 2.75) is 20.0 Å². The highest BCUT2D eigenvalue weighted by Crippen LogP contribution is 2.24. The Hall–Kier alpha value is -1.55. The molecule has 0 bridgehead atoms. The first-order valence-electron chi connectivity index (χ1n) is 5.26. The van der Waals surface area contributed by atoms with Crippen molar-refractivity contribution in [2.75, 3.05) is 6.54 Å². The highest BCUT2D eigenvalue weighted by molar-refractivity contribution is 5.63. The molecule has 1 aliphatic heterocycles. The number of fused-ring (bicyclic) bond motifs is 1. The van der Waals surface area contributed by atoms with Crippen molar-refractivity contribution in [3.05, 3.63) is 29.7 Å². The summed E-state index contributed by atoms with van der Waals surface area (Å²) >= 11 is 0. The molecule has 4 heteroatoms. The van der Waals surface area contributed by atoms with Crippen molar-refractivity contribution in [1.29, 1.82) is 0 Å². The molecule has 0 amide bonds. The second-order valence-corrected chi connectivity index (χ2v) is 3.98. The normalized spacial score (nSPS) is 15.3. The molecular formula is C11H14N4. The van der Waals surface area contributed by atoms with Crippen molar-refractivity contribution in [1.82, 2.24) is 20.1 Å². The molecule has 4 nitrogen and oxygen atoms in total. The van der Waals surface area contributed by atoms with Crippen LogP contribution in [0.25, 0.3) is 11.3 Å². The Morgan fingerprint density at radius 3 is 3.20 bits per heavy atom. The van der Waals surface area contributed by atoms with Gasteiger partial charge in [0.05, 0.1) is 5.69 Å². The number of aromatic nitrogens is 3. The van der Waals surface area contributed by atoms with Gasteiger partial charge in [0.2, 0.25) is 0 Å². The predicted octanol–water partition coefficient (Wildman–Crippen LogP) is 1.29. The van der Waals surface area contributed by atoms with Gasteiger partial charge in [0, 0.05) is 42.8 Å². The first kappa shape index (κ1) is 8.73. The van der Waals surface area contributed by atoms with Gasteiger partial charge in [-0.25, -0.2) is 0 Å². The largest absolute Gasteiger partial charge is 0.348 e. The van der Waals surface area contributed by atoms with E-state index < -0.39 is 0 Å². The van der Waals surface area contributed by atoms with E-state index in [4.69, 9.17) is 0 Å². The summed E-state index contributed by atoms with van der Waals surface area (Å²) in [7, 11) is 0. The second-order valence-electron chi connectivity index (χ2n) is 3.98. The highest BCUT2D eigenvalue weighted by Gasteiger charge is 2.15. The van der Waals surface area contributed by atoms with Crippen LogP contribution in [-0.2, 0) is 13.1 Å². The maximum absolute atomic E-state index is 4.30. The SMILES string of the molecule is Cc1cc(-c2ccn3c2CNCC3)n[nH]1. The number of hydrogen-bond acceptors (Lipinski definition) is 2. The number of nitrogens with zero attached hydrogens (tertiary/aromatic N) is 2. The topological polar surface area (TPSA) is 45.6 Å². The smallest absolute Gasteiger partial charge is 0.0942 e. The molecule has 3 heterocycles. The minimum absolute atomic E-state index is 0.939. The monoisotopic (exact) mass is 202 g/mol. The number of rotatable bonds is 1. The van der Waals surface area contributed by atoms with Crippen molar-refractivity contribution < 1.29 is 0 Å². The van der Waals surface area contributed by atoms with Gasteiger partial charge in [-0.05, 0) is 19.1 Å². The fourth-order valence-corrected chi connectivity index (χ4v) is 2.11. The van der Waals surface area contributed by atoms with E-state index in [0.29, 0.717) is 0 Å². The molecule has 0 saturated carbocycles. The van der Waals surface area contributed by atoms with E-state index in [1.54, 1.807) is 0 Å². The Balaban J connectivity index is 2.08. The lowest BCUT2D eigenvalue weighted by Gasteiger charge is -2.17. The quantitative estimate of drug-likeness (QED) is 0.732. The van der Waals surface area contributed by atoms with E-state index in [0.717, 1.165) is 31.0 Å². The Morgan fingerprint density at radius 2 is 2.40 bits per heavy atom. The van der Waals surface area contributed by atoms with Crippen molar-refractivity contribution in [3.8, 4) is 11.3 Å². The molecule has 0 aliphatic carbocycles. The van der Waals surface area contributed by atoms with E-state index >= 15 is 0 Å². The predicted molar refractivity (Wildman–Crippen MR) is 58.5 cm³/mol. The van der Waals surface area contributed by atoms with E-state index in [2.05, 4.69) is 38.4 Å². The van der Waals surface area contributed by atoms with Gasteiger partial charge in [0.25, 0.3) is 0 Å². The number of aryl methyl sites for hydroxylation is 1. The minimum Gasteiger partial charge on any atom is -0.348 e. The minimum atomic E-state index is 0.939. The van der Waals surface area contributed by atoms with E-state index in [1.165, 1.54) is 11.3 Å². The van der Waals surface area contributed by atoms with Gasteiger partial charge in [0.15, 0.2) is 0 Å². The van der Waals surface area contributed by atoms with Gasteiger partial charge in [-0.2, -0.15) is 5.10 Å². The molecule has 2 aromatic rings. The van der Waals surface area contributed by atoms with Crippen LogP contribution in [0.2, 0.25) is 0 Å². The molecule has 1 aliphatic rings. The zero-order valence-corrected chi connectivity index (χ0v) is 8.75. The van der Waals surface area contributed by atoms with Crippen molar-refractivity contribution >= 4 is 0 Å². The third-order valence-corrected chi connectivity index (χ3v) is 2.88. The van der Waals surface area contributed by atoms with E-state index in [1.807, 2.05) is 6.92 Å². The lowest BCUT2D eigenvalue weighted by molar-refractivity contribution is 0.517. The van der Waals surface area contributed by atoms with Crippen LogP contribution in [0.5, 0.6) is 0 Å². The Morgan fingerprint density at radius 1 is 1.47 bits per heavy atom. The number of hydrogen-bond donors (Lipinski definition) is 2. The van der Waals surface area contributed by atoms with Gasteiger partial charge >= 0.3 is 0 Å². The summed E-state index contributed by atoms with van der Waals surface area (Å²) in [6.45, 7) is 5.07. The number of aromatic amines is 1. The van der Waals surface area contributed by atoms with E-state index in [-0.39, 0.29) is 0 Å². The zero-order chi connectivity index (χ0) is 10.3. The number of nitrogens with one attached hydrogen (secondary N) is 2. The third-order valence-electron chi connectivity index (χ3n) is 2.88. The van der Waals surface area contributed by atoms with Gasteiger partial charge in [-0.1, -0.05) is 0 Å². The van der Waals surface area contributed by atoms with Crippen LogP contribution >= 0.6 is 0 Å². The van der Waals surface area contributed by atoms with Crippen LogP contribution in [0.1, 0.15) is 11.4 Å². The summed E-state index contributed by atoms with van der Waals surface area (Å²) < 4.78 is 2.30. The summed E-state index contributed by atoms with van der Waals surface area (Å²) in [5.74, 6) is 0. The van der Waals surface area contributed by atoms with Crippen LogP contribution < -0.4 is 5.32 Å². The maximum Gasteiger partial charge on any atom is 0.0942 e. The van der Waals surface area contributed by atoms with Gasteiger partial charge < -0.3 is 9.88 Å². The van der Waals surface area contributed by atoms with E-state index in [9.17, 15) is 0 Å². The molecule has 0 radical (unpaired) electrons. The molecule has 0 unspecified atom stereocenters. The van der Waals surface area contributed by atoms with Gasteiger partial charge in [-0.15, -0.1) is 0 Å². The Bertz CT molecular complexity index is 480. The summed E-state index contributed by atoms with van der Waals surface area (Å²) in [4.78, 5) is 0. The van der Waals surface area contributed by atoms with Crippen LogP contribution in [0.15, 0.2) is 18.3 Å². The van der Waals surface area contributed by atoms with Crippen LogP contribution in [-0.4, -0.2) is 21.3 Å². The summed E-state index contributed by atoms with van der Waals surface area (Å²) in [5.41, 5.74) is 4.73. The molecule has 0 spiro atoms. The molecule has 15 heavy (non-hydrogen) atoms. The standard InChI is InChI=1S/C11H14N4/c1-8-6-10(14-13-8)9-2-4-15-5-3-12-7-11(9)15/h2,4,6,12H,3,5,7H2,1H3,(H,13,14). The molecule has 0 aromatic carbocycles. The Kier molecular flexibility index (Phi) is 1.89. The van der Waals surface area contributed by atoms with Crippen molar-refractivity contribution in [2.24, 2.45) is 0 Å². The second kappa shape index (κ2) is 3.24. The zero-order valence-electron chi connectivity index (χ0n) is 8.75. The average molecular weight is 202 g/mol. The summed E-state index contributed by atoms with van der Waals surface area (Å²) in [6.07, 6.45) is 2.15. The van der Waals surface area contributed by atoms with Gasteiger partial charge in [-0.3, -0.25) is 5.10 Å². The average Bonchev–Trinajstić information content (AvgIpc) is 2.83. The molecular weight excluding hydrogens is 188 g/mol.